The zero-order valence-corrected chi connectivity index (χ0v) is 61.8. The predicted octanol–water partition coefficient (Wildman–Crippen LogP) is 27.4. The molecule has 0 fully saturated rings. The summed E-state index contributed by atoms with van der Waals surface area (Å²) in [4.78, 5) is 20.7. The van der Waals surface area contributed by atoms with Crippen LogP contribution in [0.3, 0.4) is 0 Å². The van der Waals surface area contributed by atoms with E-state index in [0.717, 1.165) is 133 Å². The van der Waals surface area contributed by atoms with Crippen molar-refractivity contribution in [2.24, 2.45) is 0 Å². The lowest BCUT2D eigenvalue weighted by atomic mass is 9.82. The first kappa shape index (κ1) is 63.7. The molecule has 0 radical (unpaired) electrons. The van der Waals surface area contributed by atoms with E-state index >= 15 is 0 Å². The van der Waals surface area contributed by atoms with Crippen LogP contribution in [-0.4, -0.2) is 29.1 Å². The summed E-state index contributed by atoms with van der Waals surface area (Å²) in [6.07, 6.45) is 0. The van der Waals surface area contributed by atoms with E-state index in [1.807, 2.05) is 48.5 Å². The van der Waals surface area contributed by atoms with Crippen LogP contribution in [0.4, 0.5) is 0 Å². The molecular formula is C104H68N6O2. The van der Waals surface area contributed by atoms with Crippen LogP contribution in [0, 0.1) is 0 Å². The van der Waals surface area contributed by atoms with Crippen LogP contribution < -0.4 is 0 Å². The van der Waals surface area contributed by atoms with Crippen molar-refractivity contribution in [3.63, 3.8) is 0 Å². The number of aromatic nitrogens is 6. The Morgan fingerprint density at radius 2 is 0.625 bits per heavy atom. The molecule has 2 aliphatic carbocycles. The molecule has 0 unspecified atom stereocenters. The SMILES string of the molecule is CC1(C)c2cc3oc4ccccc4c3cc2-c2cc3c4ccccc4n(-c4ccc(-c5cc(-c6ccccc6)nc(-c6ccccc6)n5)c5ccccc45)c3cc21.CC1(C)c2cc3oc4ccccc4c3cc2-c2cc3c4ccccc4n(-c4ccc(-c5nc(-c6ccccc6)c6ccccc6n5)c5ccccc45)c3cc21. The lowest BCUT2D eigenvalue weighted by Crippen LogP contribution is -2.15. The minimum Gasteiger partial charge on any atom is -0.456 e. The Morgan fingerprint density at radius 1 is 0.232 bits per heavy atom. The molecule has 8 nitrogen and oxygen atoms in total. The van der Waals surface area contributed by atoms with E-state index in [4.69, 9.17) is 28.8 Å². The third-order valence-corrected chi connectivity index (χ3v) is 24.2. The van der Waals surface area contributed by atoms with Crippen molar-refractivity contribution >= 4 is 120 Å². The zero-order chi connectivity index (χ0) is 74.2. The molecule has 0 spiro atoms. The zero-order valence-electron chi connectivity index (χ0n) is 61.8. The smallest absolute Gasteiger partial charge is 0.161 e. The summed E-state index contributed by atoms with van der Waals surface area (Å²) in [5, 5.41) is 15.2. The summed E-state index contributed by atoms with van der Waals surface area (Å²) in [7, 11) is 0. The van der Waals surface area contributed by atoms with Gasteiger partial charge in [-0.1, -0.05) is 264 Å². The average molecular weight is 1430 g/mol. The second-order valence-corrected chi connectivity index (χ2v) is 31.1. The van der Waals surface area contributed by atoms with Gasteiger partial charge in [-0.05, 0) is 158 Å². The Bertz CT molecular complexity index is 7690. The van der Waals surface area contributed by atoms with Gasteiger partial charge in [0.25, 0.3) is 0 Å². The minimum atomic E-state index is -0.223. The van der Waals surface area contributed by atoms with Crippen molar-refractivity contribution in [1.29, 1.82) is 0 Å². The lowest BCUT2D eigenvalue weighted by Gasteiger charge is -2.22. The summed E-state index contributed by atoms with van der Waals surface area (Å²) in [6.45, 7) is 9.40. The largest absolute Gasteiger partial charge is 0.456 e. The number of hydrogen-bond acceptors (Lipinski definition) is 6. The molecule has 0 saturated carbocycles. The first-order valence-corrected chi connectivity index (χ1v) is 38.5. The molecule has 2 aliphatic rings. The van der Waals surface area contributed by atoms with Crippen LogP contribution in [0.25, 0.3) is 210 Å². The van der Waals surface area contributed by atoms with E-state index in [1.165, 1.54) is 93.5 Å². The van der Waals surface area contributed by atoms with Gasteiger partial charge in [0.05, 0.1) is 56.0 Å². The first-order chi connectivity index (χ1) is 55.0. The average Bonchev–Trinajstić information content (AvgIpc) is 1.54. The Balaban J connectivity index is 0.000000134. The quantitative estimate of drug-likeness (QED) is 0.158. The normalized spacial score (nSPS) is 13.3. The van der Waals surface area contributed by atoms with E-state index in [1.54, 1.807) is 0 Å². The maximum atomic E-state index is 6.40. The van der Waals surface area contributed by atoms with Crippen LogP contribution in [0.15, 0.2) is 349 Å². The first-order valence-electron chi connectivity index (χ1n) is 38.5. The fraction of sp³-hybridized carbons (Fsp3) is 0.0577. The fourth-order valence-electron chi connectivity index (χ4n) is 18.8. The Kier molecular flexibility index (Phi) is 13.7. The highest BCUT2D eigenvalue weighted by atomic mass is 16.3. The molecule has 112 heavy (non-hydrogen) atoms. The van der Waals surface area contributed by atoms with Crippen molar-refractivity contribution in [1.82, 2.24) is 29.1 Å². The van der Waals surface area contributed by atoms with Gasteiger partial charge in [-0.15, -0.1) is 0 Å². The summed E-state index contributed by atoms with van der Waals surface area (Å²) in [6, 6.07) is 121. The predicted molar refractivity (Wildman–Crippen MR) is 462 cm³/mol. The molecule has 0 N–H and O–H groups in total. The van der Waals surface area contributed by atoms with Gasteiger partial charge in [0.2, 0.25) is 0 Å². The van der Waals surface area contributed by atoms with E-state index in [-0.39, 0.29) is 10.8 Å². The van der Waals surface area contributed by atoms with Gasteiger partial charge < -0.3 is 18.0 Å². The third-order valence-electron chi connectivity index (χ3n) is 24.2. The van der Waals surface area contributed by atoms with Gasteiger partial charge in [-0.3, -0.25) is 0 Å². The second-order valence-electron chi connectivity index (χ2n) is 31.1. The van der Waals surface area contributed by atoms with Crippen molar-refractivity contribution in [2.45, 2.75) is 38.5 Å². The summed E-state index contributed by atoms with van der Waals surface area (Å²) < 4.78 is 17.7. The second kappa shape index (κ2) is 24.1. The third kappa shape index (κ3) is 9.48. The lowest BCUT2D eigenvalue weighted by molar-refractivity contribution is 0.647. The molecule has 0 bridgehead atoms. The number of benzene rings is 16. The molecule has 0 amide bonds. The van der Waals surface area contributed by atoms with E-state index < -0.39 is 0 Å². The van der Waals surface area contributed by atoms with Gasteiger partial charge >= 0.3 is 0 Å². The Morgan fingerprint density at radius 3 is 1.15 bits per heavy atom. The van der Waals surface area contributed by atoms with Gasteiger partial charge in [-0.25, -0.2) is 19.9 Å². The van der Waals surface area contributed by atoms with Crippen molar-refractivity contribution in [3.05, 3.63) is 362 Å². The van der Waals surface area contributed by atoms with Crippen molar-refractivity contribution < 1.29 is 8.83 Å². The molecule has 0 aliphatic heterocycles. The highest BCUT2D eigenvalue weighted by molar-refractivity contribution is 6.17. The molecular weight excluding hydrogens is 1370 g/mol. The number of hydrogen-bond donors (Lipinski definition) is 0. The molecule has 526 valence electrons. The molecule has 22 aromatic rings. The minimum absolute atomic E-state index is 0.219. The molecule has 0 saturated heterocycles. The summed E-state index contributed by atoms with van der Waals surface area (Å²) >= 11 is 0. The summed E-state index contributed by atoms with van der Waals surface area (Å²) in [5.74, 6) is 1.43. The number of fused-ring (bicyclic) bond motifs is 21. The topological polar surface area (TPSA) is 87.7 Å². The van der Waals surface area contributed by atoms with E-state index in [2.05, 4.69) is 328 Å². The molecule has 24 rings (SSSR count). The van der Waals surface area contributed by atoms with Crippen molar-refractivity contribution in [2.75, 3.05) is 0 Å². The van der Waals surface area contributed by atoms with Gasteiger partial charge in [0.15, 0.2) is 11.6 Å². The monoisotopic (exact) mass is 1430 g/mol. The maximum Gasteiger partial charge on any atom is 0.161 e. The highest BCUT2D eigenvalue weighted by Crippen LogP contribution is 2.56. The Hall–Kier alpha value is -14.3. The maximum absolute atomic E-state index is 6.40. The number of nitrogens with zero attached hydrogens (tertiary/aromatic N) is 6. The standard InChI is InChI=1S/C53H35N3O.C51H33N3O/c1-53(2)43-29-49-41(27-39(43)40-28-42-38-22-12-14-24-50(38)57-51(42)30-44(40)53)37-21-11-13-23-47(37)56(49)48-26-25-35(34-19-9-10-20-36(34)48)46-31-45(32-15-5-3-6-16-32)54-52(55-46)33-17-7-4-8-18-33;1-51(2)41-28-46-39(26-37(41)38-27-40-34-19-10-13-23-47(34)55-48(40)29-42(38)51)33-18-9-12-22-44(33)54(46)45-25-24-35(31-16-6-7-17-32(31)45)50-52-43-21-11-8-20-36(43)49(53-50)30-14-4-3-5-15-30/h3-31H,1-2H3;3-29H,1-2H3. The van der Waals surface area contributed by atoms with Crippen LogP contribution in [0.5, 0.6) is 0 Å². The highest BCUT2D eigenvalue weighted by Gasteiger charge is 2.40. The van der Waals surface area contributed by atoms with Gasteiger partial charge in [0, 0.05) is 97.9 Å². The number of rotatable bonds is 7. The van der Waals surface area contributed by atoms with Crippen LogP contribution in [-0.2, 0) is 10.8 Å². The number of para-hydroxylation sites is 5. The molecule has 6 heterocycles. The van der Waals surface area contributed by atoms with Crippen LogP contribution >= 0.6 is 0 Å². The Labute approximate surface area is 644 Å². The molecule has 16 aromatic carbocycles. The van der Waals surface area contributed by atoms with E-state index in [0.29, 0.717) is 5.82 Å². The van der Waals surface area contributed by atoms with Gasteiger partial charge in [-0.2, -0.15) is 0 Å². The molecule has 0 atom stereocenters. The molecule has 6 aromatic heterocycles. The van der Waals surface area contributed by atoms with Crippen LogP contribution in [0.2, 0.25) is 0 Å². The van der Waals surface area contributed by atoms with Crippen LogP contribution in [0.1, 0.15) is 49.9 Å². The van der Waals surface area contributed by atoms with E-state index in [9.17, 15) is 0 Å². The summed E-state index contributed by atoms with van der Waals surface area (Å²) in [5.41, 5.74) is 29.6. The number of furan rings is 2. The van der Waals surface area contributed by atoms with Gasteiger partial charge in [0.1, 0.15) is 22.3 Å². The molecule has 8 heteroatoms. The van der Waals surface area contributed by atoms with Crippen molar-refractivity contribution in [3.8, 4) is 90.2 Å². The fourth-order valence-corrected chi connectivity index (χ4v) is 18.8.